The molecule has 0 unspecified atom stereocenters. The fourth-order valence-corrected chi connectivity index (χ4v) is 2.84. The molecule has 0 atom stereocenters. The molecular formula is C14H29ClN2O. The summed E-state index contributed by atoms with van der Waals surface area (Å²) in [5, 5.41) is 0. The summed E-state index contributed by atoms with van der Waals surface area (Å²) in [6.45, 7) is 1.76. The molecule has 0 aromatic rings. The average Bonchev–Trinajstić information content (AvgIpc) is 2.27. The van der Waals surface area contributed by atoms with E-state index in [1.807, 2.05) is 0 Å². The van der Waals surface area contributed by atoms with E-state index in [2.05, 4.69) is 38.0 Å². The van der Waals surface area contributed by atoms with Gasteiger partial charge in [0.25, 0.3) is 0 Å². The van der Waals surface area contributed by atoms with Crippen molar-refractivity contribution in [1.82, 2.24) is 9.80 Å². The molecular weight excluding hydrogens is 248 g/mol. The van der Waals surface area contributed by atoms with Crippen molar-refractivity contribution in [3.63, 3.8) is 0 Å². The zero-order valence-corrected chi connectivity index (χ0v) is 13.1. The molecule has 0 spiro atoms. The Morgan fingerprint density at radius 2 is 1.44 bits per heavy atom. The summed E-state index contributed by atoms with van der Waals surface area (Å²) in [5.41, 5.74) is 0. The van der Waals surface area contributed by atoms with Gasteiger partial charge in [0.05, 0.1) is 0 Å². The second-order valence-corrected chi connectivity index (χ2v) is 5.96. The van der Waals surface area contributed by atoms with E-state index in [0.717, 1.165) is 25.9 Å². The third kappa shape index (κ3) is 6.17. The molecule has 1 rings (SSSR count). The minimum Gasteiger partial charge on any atom is -0.309 e. The molecule has 0 N–H and O–H groups in total. The smallest absolute Gasteiger partial charge is 0.141 e. The van der Waals surface area contributed by atoms with Gasteiger partial charge in [-0.25, -0.2) is 0 Å². The van der Waals surface area contributed by atoms with Crippen molar-refractivity contribution in [1.29, 1.82) is 0 Å². The molecule has 1 saturated carbocycles. The Morgan fingerprint density at radius 3 is 1.83 bits per heavy atom. The van der Waals surface area contributed by atoms with Crippen molar-refractivity contribution >= 4 is 18.2 Å². The van der Waals surface area contributed by atoms with Gasteiger partial charge in [0.15, 0.2) is 0 Å². The Balaban J connectivity index is 0.00000289. The highest BCUT2D eigenvalue weighted by molar-refractivity contribution is 5.85. The van der Waals surface area contributed by atoms with Crippen LogP contribution in [-0.4, -0.2) is 56.9 Å². The summed E-state index contributed by atoms with van der Waals surface area (Å²) in [6, 6.07) is 0. The Bertz CT molecular complexity index is 228. The SMILES string of the molecule is CN(C)CC(CN(C)C)C(=O)C1CCCCC1.Cl. The van der Waals surface area contributed by atoms with Crippen LogP contribution < -0.4 is 0 Å². The first-order valence-electron chi connectivity index (χ1n) is 6.84. The molecule has 3 nitrogen and oxygen atoms in total. The summed E-state index contributed by atoms with van der Waals surface area (Å²) in [6.07, 6.45) is 6.04. The number of rotatable bonds is 6. The number of halogens is 1. The number of ketones is 1. The number of carbonyl (C=O) groups excluding carboxylic acids is 1. The monoisotopic (exact) mass is 276 g/mol. The van der Waals surface area contributed by atoms with Crippen LogP contribution in [0.25, 0.3) is 0 Å². The van der Waals surface area contributed by atoms with Crippen molar-refractivity contribution in [2.24, 2.45) is 11.8 Å². The van der Waals surface area contributed by atoms with E-state index in [9.17, 15) is 4.79 Å². The molecule has 0 aromatic carbocycles. The maximum absolute atomic E-state index is 12.5. The lowest BCUT2D eigenvalue weighted by atomic mass is 9.81. The van der Waals surface area contributed by atoms with Crippen molar-refractivity contribution in [3.05, 3.63) is 0 Å². The molecule has 0 bridgehead atoms. The molecule has 1 fully saturated rings. The Labute approximate surface area is 118 Å². The molecule has 0 saturated heterocycles. The van der Waals surface area contributed by atoms with Crippen molar-refractivity contribution in [3.8, 4) is 0 Å². The van der Waals surface area contributed by atoms with Gasteiger partial charge in [-0.05, 0) is 41.0 Å². The first-order valence-corrected chi connectivity index (χ1v) is 6.84. The van der Waals surface area contributed by atoms with Gasteiger partial charge < -0.3 is 9.80 Å². The topological polar surface area (TPSA) is 23.6 Å². The number of hydrogen-bond donors (Lipinski definition) is 0. The van der Waals surface area contributed by atoms with Crippen LogP contribution in [0.2, 0.25) is 0 Å². The maximum Gasteiger partial charge on any atom is 0.141 e. The van der Waals surface area contributed by atoms with Crippen LogP contribution in [0.3, 0.4) is 0 Å². The quantitative estimate of drug-likeness (QED) is 0.744. The summed E-state index contributed by atoms with van der Waals surface area (Å²) in [5.74, 6) is 1.03. The third-order valence-corrected chi connectivity index (χ3v) is 3.58. The molecule has 18 heavy (non-hydrogen) atoms. The largest absolute Gasteiger partial charge is 0.309 e. The van der Waals surface area contributed by atoms with Gasteiger partial charge in [0.1, 0.15) is 5.78 Å². The molecule has 0 radical (unpaired) electrons. The van der Waals surface area contributed by atoms with Gasteiger partial charge in [-0.15, -0.1) is 12.4 Å². The fourth-order valence-electron chi connectivity index (χ4n) is 2.84. The predicted octanol–water partition coefficient (Wildman–Crippen LogP) is 2.30. The van der Waals surface area contributed by atoms with E-state index in [0.29, 0.717) is 11.7 Å². The summed E-state index contributed by atoms with van der Waals surface area (Å²) in [7, 11) is 8.21. The zero-order chi connectivity index (χ0) is 12.8. The van der Waals surface area contributed by atoms with E-state index in [1.165, 1.54) is 19.3 Å². The highest BCUT2D eigenvalue weighted by Gasteiger charge is 2.28. The predicted molar refractivity (Wildman–Crippen MR) is 79.4 cm³/mol. The van der Waals surface area contributed by atoms with E-state index < -0.39 is 0 Å². The highest BCUT2D eigenvalue weighted by atomic mass is 35.5. The lowest BCUT2D eigenvalue weighted by Crippen LogP contribution is -2.39. The molecule has 0 aromatic heterocycles. The normalized spacial score (nSPS) is 17.3. The second kappa shape index (κ2) is 8.89. The van der Waals surface area contributed by atoms with E-state index >= 15 is 0 Å². The van der Waals surface area contributed by atoms with E-state index in [-0.39, 0.29) is 18.3 Å². The number of hydrogen-bond acceptors (Lipinski definition) is 3. The molecule has 108 valence electrons. The minimum atomic E-state index is 0. The van der Waals surface area contributed by atoms with Gasteiger partial charge in [0.2, 0.25) is 0 Å². The summed E-state index contributed by atoms with van der Waals surface area (Å²) in [4.78, 5) is 16.8. The maximum atomic E-state index is 12.5. The first kappa shape index (κ1) is 17.9. The lowest BCUT2D eigenvalue weighted by Gasteiger charge is -2.28. The Kier molecular flexibility index (Phi) is 8.83. The minimum absolute atomic E-state index is 0. The van der Waals surface area contributed by atoms with E-state index in [4.69, 9.17) is 0 Å². The van der Waals surface area contributed by atoms with Crippen LogP contribution in [0.4, 0.5) is 0 Å². The van der Waals surface area contributed by atoms with Crippen molar-refractivity contribution in [2.75, 3.05) is 41.3 Å². The molecule has 1 aliphatic rings. The fraction of sp³-hybridized carbons (Fsp3) is 0.929. The van der Waals surface area contributed by atoms with Crippen LogP contribution in [0.1, 0.15) is 32.1 Å². The number of Topliss-reactive ketones (excluding diaryl/α,β-unsaturated/α-hetero) is 1. The molecule has 0 aliphatic heterocycles. The zero-order valence-electron chi connectivity index (χ0n) is 12.3. The van der Waals surface area contributed by atoms with Gasteiger partial charge >= 0.3 is 0 Å². The molecule has 0 heterocycles. The average molecular weight is 277 g/mol. The van der Waals surface area contributed by atoms with Gasteiger partial charge in [-0.1, -0.05) is 19.3 Å². The van der Waals surface area contributed by atoms with Gasteiger partial charge in [-0.2, -0.15) is 0 Å². The third-order valence-electron chi connectivity index (χ3n) is 3.58. The van der Waals surface area contributed by atoms with Crippen LogP contribution in [-0.2, 0) is 4.79 Å². The van der Waals surface area contributed by atoms with Crippen LogP contribution in [0.15, 0.2) is 0 Å². The van der Waals surface area contributed by atoms with Crippen LogP contribution in [0.5, 0.6) is 0 Å². The van der Waals surface area contributed by atoms with Gasteiger partial charge in [0, 0.05) is 24.9 Å². The van der Waals surface area contributed by atoms with Crippen molar-refractivity contribution < 1.29 is 4.79 Å². The van der Waals surface area contributed by atoms with Crippen LogP contribution in [0, 0.1) is 11.8 Å². The standard InChI is InChI=1S/C14H28N2O.ClH/c1-15(2)10-13(11-16(3)4)14(17)12-8-6-5-7-9-12;/h12-13H,5-11H2,1-4H3;1H. The number of nitrogens with zero attached hydrogens (tertiary/aromatic N) is 2. The van der Waals surface area contributed by atoms with Crippen molar-refractivity contribution in [2.45, 2.75) is 32.1 Å². The van der Waals surface area contributed by atoms with Crippen LogP contribution >= 0.6 is 12.4 Å². The Hall–Kier alpha value is -0.120. The number of carbonyl (C=O) groups is 1. The lowest BCUT2D eigenvalue weighted by molar-refractivity contribution is -0.128. The first-order chi connectivity index (χ1) is 8.00. The summed E-state index contributed by atoms with van der Waals surface area (Å²) >= 11 is 0. The van der Waals surface area contributed by atoms with E-state index in [1.54, 1.807) is 0 Å². The molecule has 4 heteroatoms. The Morgan fingerprint density at radius 1 is 1.00 bits per heavy atom. The molecule has 0 amide bonds. The summed E-state index contributed by atoms with van der Waals surface area (Å²) < 4.78 is 0. The highest BCUT2D eigenvalue weighted by Crippen LogP contribution is 2.27. The molecule has 1 aliphatic carbocycles. The van der Waals surface area contributed by atoms with Gasteiger partial charge in [-0.3, -0.25) is 4.79 Å². The second-order valence-electron chi connectivity index (χ2n) is 5.96.